The number of rotatable bonds is 1. The summed E-state index contributed by atoms with van der Waals surface area (Å²) in [6.07, 6.45) is 1.58. The fraction of sp³-hybridized carbons (Fsp3) is 0. The van der Waals surface area contributed by atoms with Crippen LogP contribution in [0.5, 0.6) is 0 Å². The first-order chi connectivity index (χ1) is 8.58. The number of aromatic amines is 1. The van der Waals surface area contributed by atoms with Crippen LogP contribution >= 0.6 is 11.6 Å². The van der Waals surface area contributed by atoms with E-state index in [9.17, 15) is 14.9 Å². The quantitative estimate of drug-likeness (QED) is 0.540. The average Bonchev–Trinajstić information content (AvgIpc) is 2.80. The van der Waals surface area contributed by atoms with Gasteiger partial charge in [0.2, 0.25) is 0 Å². The van der Waals surface area contributed by atoms with E-state index in [4.69, 9.17) is 11.6 Å². The monoisotopic (exact) mass is 263 g/mol. The van der Waals surface area contributed by atoms with Crippen LogP contribution in [0.25, 0.3) is 16.4 Å². The molecule has 0 unspecified atom stereocenters. The van der Waals surface area contributed by atoms with Gasteiger partial charge in [0, 0.05) is 23.7 Å². The van der Waals surface area contributed by atoms with Crippen LogP contribution in [0.2, 0.25) is 5.02 Å². The standard InChI is InChI=1S/C11H6ClN3O3/c12-8-5-6(15(17)18)4-7-9-2-1-3-14(9)11(16)13-10(7)8/h1-5H,(H,13,16). The predicted molar refractivity (Wildman–Crippen MR) is 67.2 cm³/mol. The van der Waals surface area contributed by atoms with Crippen LogP contribution in [0.4, 0.5) is 5.69 Å². The topological polar surface area (TPSA) is 80.4 Å². The van der Waals surface area contributed by atoms with Crippen LogP contribution in [0.3, 0.4) is 0 Å². The number of fused-ring (bicyclic) bond motifs is 3. The summed E-state index contributed by atoms with van der Waals surface area (Å²) in [7, 11) is 0. The molecule has 18 heavy (non-hydrogen) atoms. The third-order valence-corrected chi connectivity index (χ3v) is 3.06. The average molecular weight is 264 g/mol. The molecule has 1 N–H and O–H groups in total. The highest BCUT2D eigenvalue weighted by Gasteiger charge is 2.14. The lowest BCUT2D eigenvalue weighted by molar-refractivity contribution is -0.384. The van der Waals surface area contributed by atoms with E-state index in [1.54, 1.807) is 18.3 Å². The number of nitro benzene ring substituents is 1. The molecule has 1 aromatic carbocycles. The van der Waals surface area contributed by atoms with Gasteiger partial charge in [-0.15, -0.1) is 0 Å². The Hall–Kier alpha value is -2.34. The van der Waals surface area contributed by atoms with Gasteiger partial charge in [0.1, 0.15) is 0 Å². The number of non-ortho nitro benzene ring substituents is 1. The van der Waals surface area contributed by atoms with Gasteiger partial charge < -0.3 is 4.98 Å². The number of benzene rings is 1. The smallest absolute Gasteiger partial charge is 0.305 e. The Morgan fingerprint density at radius 2 is 2.17 bits per heavy atom. The second kappa shape index (κ2) is 3.58. The first kappa shape index (κ1) is 10.8. The molecule has 0 spiro atoms. The Bertz CT molecular complexity index is 850. The van der Waals surface area contributed by atoms with Crippen molar-refractivity contribution in [3.05, 3.63) is 56.1 Å². The molecule has 2 aromatic heterocycles. The Morgan fingerprint density at radius 1 is 1.39 bits per heavy atom. The minimum absolute atomic E-state index is 0.109. The fourth-order valence-electron chi connectivity index (χ4n) is 1.97. The largest absolute Gasteiger partial charge is 0.330 e. The van der Waals surface area contributed by atoms with Crippen molar-refractivity contribution < 1.29 is 4.92 Å². The lowest BCUT2D eigenvalue weighted by Gasteiger charge is -2.03. The summed E-state index contributed by atoms with van der Waals surface area (Å²) < 4.78 is 1.38. The van der Waals surface area contributed by atoms with Crippen molar-refractivity contribution in [2.24, 2.45) is 0 Å². The summed E-state index contributed by atoms with van der Waals surface area (Å²) in [5, 5.41) is 11.5. The van der Waals surface area contributed by atoms with Crippen LogP contribution in [0.1, 0.15) is 0 Å². The van der Waals surface area contributed by atoms with Gasteiger partial charge >= 0.3 is 5.69 Å². The van der Waals surface area contributed by atoms with Crippen molar-refractivity contribution in [2.75, 3.05) is 0 Å². The number of aromatic nitrogens is 2. The maximum absolute atomic E-state index is 11.7. The summed E-state index contributed by atoms with van der Waals surface area (Å²) in [5.41, 5.74) is 0.540. The van der Waals surface area contributed by atoms with Crippen LogP contribution in [-0.2, 0) is 0 Å². The fourth-order valence-corrected chi connectivity index (χ4v) is 2.23. The highest BCUT2D eigenvalue weighted by molar-refractivity contribution is 6.35. The van der Waals surface area contributed by atoms with Crippen LogP contribution in [0.15, 0.2) is 35.3 Å². The molecule has 90 valence electrons. The summed E-state index contributed by atoms with van der Waals surface area (Å²) in [4.78, 5) is 24.6. The Labute approximate surface area is 105 Å². The summed E-state index contributed by atoms with van der Waals surface area (Å²) in [5.74, 6) is 0. The van der Waals surface area contributed by atoms with Crippen LogP contribution in [-0.4, -0.2) is 14.3 Å². The van der Waals surface area contributed by atoms with E-state index in [0.717, 1.165) is 0 Å². The number of nitro groups is 1. The number of hydrogen-bond acceptors (Lipinski definition) is 3. The molecule has 3 aromatic rings. The van der Waals surface area contributed by atoms with Crippen LogP contribution < -0.4 is 5.69 Å². The molecule has 0 bridgehead atoms. The van der Waals surface area contributed by atoms with Gasteiger partial charge in [0.05, 0.1) is 21.0 Å². The third-order valence-electron chi connectivity index (χ3n) is 2.76. The van der Waals surface area contributed by atoms with Gasteiger partial charge in [-0.2, -0.15) is 0 Å². The molecule has 0 amide bonds. The van der Waals surface area contributed by atoms with Gasteiger partial charge in [-0.1, -0.05) is 11.6 Å². The number of nitrogens with zero attached hydrogens (tertiary/aromatic N) is 2. The second-order valence-corrected chi connectivity index (χ2v) is 4.21. The molecule has 0 aliphatic rings. The van der Waals surface area contributed by atoms with E-state index >= 15 is 0 Å². The zero-order valence-corrected chi connectivity index (χ0v) is 9.64. The maximum Gasteiger partial charge on any atom is 0.330 e. The first-order valence-electron chi connectivity index (χ1n) is 5.05. The van der Waals surface area contributed by atoms with Crippen molar-refractivity contribution >= 4 is 33.7 Å². The van der Waals surface area contributed by atoms with E-state index < -0.39 is 4.92 Å². The highest BCUT2D eigenvalue weighted by Crippen LogP contribution is 2.29. The van der Waals surface area contributed by atoms with E-state index in [2.05, 4.69) is 4.98 Å². The molecular formula is C11H6ClN3O3. The normalized spacial score (nSPS) is 11.2. The molecule has 7 heteroatoms. The van der Waals surface area contributed by atoms with Crippen molar-refractivity contribution in [3.8, 4) is 0 Å². The van der Waals surface area contributed by atoms with Crippen molar-refractivity contribution in [3.63, 3.8) is 0 Å². The zero-order valence-electron chi connectivity index (χ0n) is 8.88. The second-order valence-electron chi connectivity index (χ2n) is 3.80. The molecule has 0 aliphatic heterocycles. The molecule has 2 heterocycles. The van der Waals surface area contributed by atoms with Crippen LogP contribution in [0, 0.1) is 10.1 Å². The van der Waals surface area contributed by atoms with Crippen molar-refractivity contribution in [2.45, 2.75) is 0 Å². The van der Waals surface area contributed by atoms with Crippen molar-refractivity contribution in [1.82, 2.24) is 9.38 Å². The van der Waals surface area contributed by atoms with E-state index in [-0.39, 0.29) is 16.4 Å². The number of H-pyrrole nitrogens is 1. The molecule has 6 nitrogen and oxygen atoms in total. The van der Waals surface area contributed by atoms with Gasteiger partial charge in [0.25, 0.3) is 5.69 Å². The molecule has 3 rings (SSSR count). The van der Waals surface area contributed by atoms with E-state index in [0.29, 0.717) is 16.4 Å². The van der Waals surface area contributed by atoms with Gasteiger partial charge in [-0.25, -0.2) is 4.79 Å². The summed E-state index contributed by atoms with van der Waals surface area (Å²) in [6.45, 7) is 0. The highest BCUT2D eigenvalue weighted by atomic mass is 35.5. The van der Waals surface area contributed by atoms with Gasteiger partial charge in [0.15, 0.2) is 0 Å². The molecule has 0 atom stereocenters. The number of halogens is 1. The molecule has 0 radical (unpaired) electrons. The first-order valence-corrected chi connectivity index (χ1v) is 5.43. The van der Waals surface area contributed by atoms with Crippen molar-refractivity contribution in [1.29, 1.82) is 0 Å². The third kappa shape index (κ3) is 1.39. The van der Waals surface area contributed by atoms with E-state index in [1.165, 1.54) is 16.5 Å². The SMILES string of the molecule is O=c1[nH]c2c(Cl)cc([N+](=O)[O-])cc2c2cccn12. The van der Waals surface area contributed by atoms with Gasteiger partial charge in [-0.05, 0) is 12.1 Å². The lowest BCUT2D eigenvalue weighted by atomic mass is 10.2. The molecular weight excluding hydrogens is 258 g/mol. The predicted octanol–water partition coefficient (Wildman–Crippen LogP) is 2.34. The molecule has 0 saturated heterocycles. The summed E-state index contributed by atoms with van der Waals surface area (Å²) >= 11 is 5.96. The minimum Gasteiger partial charge on any atom is -0.305 e. The molecule has 0 saturated carbocycles. The lowest BCUT2D eigenvalue weighted by Crippen LogP contribution is -2.15. The molecule has 0 fully saturated rings. The molecule has 0 aliphatic carbocycles. The number of nitrogens with one attached hydrogen (secondary N) is 1. The Morgan fingerprint density at radius 3 is 2.89 bits per heavy atom. The summed E-state index contributed by atoms with van der Waals surface area (Å²) in [6, 6.07) is 6.01. The zero-order chi connectivity index (χ0) is 12.9. The number of hydrogen-bond donors (Lipinski definition) is 1. The van der Waals surface area contributed by atoms with Gasteiger partial charge in [-0.3, -0.25) is 14.5 Å². The Balaban J connectivity index is 2.59. The maximum atomic E-state index is 11.7. The Kier molecular flexibility index (Phi) is 2.14. The van der Waals surface area contributed by atoms with E-state index in [1.807, 2.05) is 0 Å². The minimum atomic E-state index is -0.518.